The van der Waals surface area contributed by atoms with Crippen LogP contribution in [0, 0.1) is 17.8 Å². The summed E-state index contributed by atoms with van der Waals surface area (Å²) in [5, 5.41) is 9.69. The predicted octanol–water partition coefficient (Wildman–Crippen LogP) is 4.74. The first-order valence-electron chi connectivity index (χ1n) is 11.4. The van der Waals surface area contributed by atoms with Crippen molar-refractivity contribution in [3.05, 3.63) is 65.6 Å². The third-order valence-electron chi connectivity index (χ3n) is 5.53. The number of nitrogens with zero attached hydrogens (tertiary/aromatic N) is 1. The van der Waals surface area contributed by atoms with Gasteiger partial charge in [-0.15, -0.1) is 0 Å². The molecule has 10 heteroatoms. The van der Waals surface area contributed by atoms with E-state index in [0.29, 0.717) is 39.6 Å². The van der Waals surface area contributed by atoms with Crippen LogP contribution in [0.25, 0.3) is 22.4 Å². The van der Waals surface area contributed by atoms with Gasteiger partial charge in [0.2, 0.25) is 13.0 Å². The summed E-state index contributed by atoms with van der Waals surface area (Å²) in [5.74, 6) is 2.82. The number of carbonyl (C=O) groups is 1. The Hall–Kier alpha value is -3.83. The van der Waals surface area contributed by atoms with Crippen LogP contribution in [0.4, 0.5) is 4.39 Å². The van der Waals surface area contributed by atoms with Crippen LogP contribution < -0.4 is 9.47 Å². The molecule has 2 unspecified atom stereocenters. The molecule has 0 saturated carbocycles. The third-order valence-corrected chi connectivity index (χ3v) is 6.26. The van der Waals surface area contributed by atoms with Crippen molar-refractivity contribution in [1.82, 2.24) is 4.98 Å². The van der Waals surface area contributed by atoms with Crippen LogP contribution in [0.3, 0.4) is 0 Å². The Morgan fingerprint density at radius 2 is 1.84 bits per heavy atom. The van der Waals surface area contributed by atoms with E-state index in [1.165, 1.54) is 12.1 Å². The third kappa shape index (κ3) is 6.49. The number of hydrogen-bond acceptors (Lipinski definition) is 7. The highest BCUT2D eigenvalue weighted by atomic mass is 31.1. The molecule has 8 nitrogen and oxygen atoms in total. The summed E-state index contributed by atoms with van der Waals surface area (Å²) in [6.07, 6.45) is 0.152. The van der Waals surface area contributed by atoms with E-state index >= 15 is 0 Å². The lowest BCUT2D eigenvalue weighted by molar-refractivity contribution is -0.138. The van der Waals surface area contributed by atoms with Crippen molar-refractivity contribution < 1.29 is 38.0 Å². The highest BCUT2D eigenvalue weighted by Gasteiger charge is 2.23. The second kappa shape index (κ2) is 11.5. The molecular weight excluding hydrogens is 500 g/mol. The van der Waals surface area contributed by atoms with Gasteiger partial charge in [-0.1, -0.05) is 26.0 Å². The van der Waals surface area contributed by atoms with Crippen molar-refractivity contribution in [2.45, 2.75) is 32.3 Å². The van der Waals surface area contributed by atoms with E-state index in [9.17, 15) is 18.9 Å². The maximum atomic E-state index is 13.7. The van der Waals surface area contributed by atoms with Gasteiger partial charge in [-0.05, 0) is 58.4 Å². The van der Waals surface area contributed by atoms with E-state index in [4.69, 9.17) is 24.1 Å². The number of halogens is 1. The van der Waals surface area contributed by atoms with E-state index in [0.717, 1.165) is 5.56 Å². The summed E-state index contributed by atoms with van der Waals surface area (Å²) < 4.78 is 40.4. The summed E-state index contributed by atoms with van der Waals surface area (Å²) >= 11 is 0. The zero-order valence-corrected chi connectivity index (χ0v) is 21.0. The fourth-order valence-corrected chi connectivity index (χ4v) is 4.28. The zero-order valence-electron chi connectivity index (χ0n) is 20.1. The van der Waals surface area contributed by atoms with Crippen LogP contribution in [-0.4, -0.2) is 40.0 Å². The van der Waals surface area contributed by atoms with E-state index in [1.807, 2.05) is 32.0 Å². The van der Waals surface area contributed by atoms with Crippen LogP contribution in [0.2, 0.25) is 0 Å². The lowest BCUT2D eigenvalue weighted by atomic mass is 9.93. The van der Waals surface area contributed by atoms with Gasteiger partial charge in [-0.25, -0.2) is 4.39 Å². The maximum Gasteiger partial charge on any atom is 0.508 e. The number of carbonyl (C=O) groups excluding carboxylic acids is 1. The maximum absolute atomic E-state index is 13.7. The molecule has 190 valence electrons. The number of aliphatic hydroxyl groups is 1. The molecule has 2 atom stereocenters. The molecule has 2 heterocycles. The molecule has 0 aliphatic carbocycles. The summed E-state index contributed by atoms with van der Waals surface area (Å²) in [5.41, 5.74) is 3.91. The lowest BCUT2D eigenvalue weighted by Gasteiger charge is -2.16. The van der Waals surface area contributed by atoms with Crippen molar-refractivity contribution in [1.29, 1.82) is 0 Å². The summed E-state index contributed by atoms with van der Waals surface area (Å²) in [6.45, 7) is 4.04. The smallest absolute Gasteiger partial charge is 0.454 e. The Kier molecular flexibility index (Phi) is 8.14. The molecule has 0 saturated heterocycles. The van der Waals surface area contributed by atoms with Gasteiger partial charge >= 0.3 is 14.0 Å². The van der Waals surface area contributed by atoms with Crippen molar-refractivity contribution >= 4 is 14.0 Å². The van der Waals surface area contributed by atoms with Crippen molar-refractivity contribution in [3.8, 4) is 45.9 Å². The zero-order chi connectivity index (χ0) is 26.5. The number of rotatable bonds is 7. The highest BCUT2D eigenvalue weighted by molar-refractivity contribution is 7.38. The summed E-state index contributed by atoms with van der Waals surface area (Å²) in [7, 11) is -2.58. The first kappa shape index (κ1) is 26.2. The van der Waals surface area contributed by atoms with E-state index in [1.54, 1.807) is 18.2 Å². The van der Waals surface area contributed by atoms with Gasteiger partial charge in [0.1, 0.15) is 18.0 Å². The van der Waals surface area contributed by atoms with Gasteiger partial charge < -0.3 is 19.3 Å². The predicted molar refractivity (Wildman–Crippen MR) is 134 cm³/mol. The molecule has 0 bridgehead atoms. The van der Waals surface area contributed by atoms with Crippen molar-refractivity contribution in [2.24, 2.45) is 0 Å². The van der Waals surface area contributed by atoms with Crippen LogP contribution in [0.5, 0.6) is 11.5 Å². The molecule has 37 heavy (non-hydrogen) atoms. The number of fused-ring (bicyclic) bond motifs is 1. The monoisotopic (exact) mass is 524 g/mol. The van der Waals surface area contributed by atoms with Gasteiger partial charge in [0, 0.05) is 11.1 Å². The highest BCUT2D eigenvalue weighted by Crippen LogP contribution is 2.38. The normalized spacial score (nSPS) is 13.1. The van der Waals surface area contributed by atoms with Gasteiger partial charge in [0.25, 0.3) is 0 Å². The molecule has 4 rings (SSSR count). The minimum absolute atomic E-state index is 0.0733. The molecule has 2 N–H and O–H groups in total. The minimum Gasteiger partial charge on any atom is -0.454 e. The number of ether oxygens (including phenoxy) is 3. The van der Waals surface area contributed by atoms with Crippen LogP contribution >= 0.6 is 8.03 Å². The molecule has 1 aliphatic rings. The van der Waals surface area contributed by atoms with Crippen molar-refractivity contribution in [3.63, 3.8) is 0 Å². The van der Waals surface area contributed by atoms with Crippen LogP contribution in [0.1, 0.15) is 37.4 Å². The first-order chi connectivity index (χ1) is 17.7. The largest absolute Gasteiger partial charge is 0.508 e. The average Bonchev–Trinajstić information content (AvgIpc) is 3.32. The number of aromatic nitrogens is 1. The molecule has 0 fully saturated rings. The van der Waals surface area contributed by atoms with E-state index in [-0.39, 0.29) is 18.5 Å². The number of esters is 1. The van der Waals surface area contributed by atoms with Gasteiger partial charge in [0.15, 0.2) is 11.5 Å². The Morgan fingerprint density at radius 3 is 2.54 bits per heavy atom. The summed E-state index contributed by atoms with van der Waals surface area (Å²) in [4.78, 5) is 25.7. The Morgan fingerprint density at radius 1 is 1.14 bits per heavy atom. The molecule has 1 aromatic heterocycles. The molecule has 2 aromatic carbocycles. The molecule has 0 amide bonds. The quantitative estimate of drug-likeness (QED) is 0.259. The number of aliphatic hydroxyl groups excluding tert-OH is 1. The fraction of sp³-hybridized carbons (Fsp3) is 0.259. The fourth-order valence-electron chi connectivity index (χ4n) is 3.79. The van der Waals surface area contributed by atoms with Crippen LogP contribution in [-0.2, 0) is 14.1 Å². The number of hydrogen-bond donors (Lipinski definition) is 2. The second-order valence-corrected chi connectivity index (χ2v) is 9.71. The first-order valence-corrected chi connectivity index (χ1v) is 12.8. The van der Waals surface area contributed by atoms with Crippen LogP contribution in [0.15, 0.2) is 48.5 Å². The number of pyridine rings is 1. The van der Waals surface area contributed by atoms with E-state index in [2.05, 4.69) is 12.0 Å². The van der Waals surface area contributed by atoms with Gasteiger partial charge in [-0.2, -0.15) is 4.89 Å². The summed E-state index contributed by atoms with van der Waals surface area (Å²) in [6, 6.07) is 13.3. The van der Waals surface area contributed by atoms with E-state index < -0.39 is 32.7 Å². The molecule has 0 spiro atoms. The molecule has 0 radical (unpaired) electrons. The topological polar surface area (TPSA) is 115 Å². The molecule has 3 aromatic rings. The average molecular weight is 524 g/mol. The molecular formula is C27H24FNO7P+. The Balaban J connectivity index is 1.75. The van der Waals surface area contributed by atoms with Gasteiger partial charge in [0.05, 0.1) is 23.4 Å². The minimum atomic E-state index is -2.58. The Labute approximate surface area is 213 Å². The second-order valence-electron chi connectivity index (χ2n) is 8.64. The SMILES string of the molecule is CC(C)c1nc(-c2ccc3c(c2)OCO3)cc(-c2ccc(F)cc2)c1C#COC(=O)CC(O)C[P+](=O)O. The Bertz CT molecular complexity index is 1400. The molecule has 1 aliphatic heterocycles. The van der Waals surface area contributed by atoms with Gasteiger partial charge in [-0.3, -0.25) is 9.78 Å². The lowest BCUT2D eigenvalue weighted by Crippen LogP contribution is -2.16. The standard InChI is InChI=1S/C27H23FNO7P/c1-16(2)27-21(9-10-34-26(31)12-20(30)14-37(32)33)22(17-3-6-19(28)7-4-17)13-23(29-27)18-5-8-24-25(11-18)36-15-35-24/h3-8,11,13,16,20,30H,12,14-15H2,1-2H3/p+1. The van der Waals surface area contributed by atoms with Crippen molar-refractivity contribution in [2.75, 3.05) is 13.0 Å². The number of benzene rings is 2.